The number of hydrogen-bond donors (Lipinski definition) is 0. The van der Waals surface area contributed by atoms with Crippen LogP contribution in [0.5, 0.6) is 0 Å². The molecule has 0 spiro atoms. The molecule has 0 unspecified atom stereocenters. The highest BCUT2D eigenvalue weighted by Gasteiger charge is 2.54. The normalized spacial score (nSPS) is 40.1. The van der Waals surface area contributed by atoms with Crippen molar-refractivity contribution in [3.8, 4) is 0 Å². The van der Waals surface area contributed by atoms with E-state index in [0.29, 0.717) is 17.8 Å². The van der Waals surface area contributed by atoms with Gasteiger partial charge in [0.2, 0.25) is 0 Å². The van der Waals surface area contributed by atoms with E-state index in [9.17, 15) is 9.59 Å². The first-order chi connectivity index (χ1) is 11.1. The van der Waals surface area contributed by atoms with E-state index in [0.717, 1.165) is 42.6 Å². The van der Waals surface area contributed by atoms with Gasteiger partial charge in [-0.1, -0.05) is 18.2 Å². The highest BCUT2D eigenvalue weighted by atomic mass is 16.5. The smallest absolute Gasteiger partial charge is 0.339 e. The average molecular weight is 310 g/mol. The minimum absolute atomic E-state index is 0.0985. The summed E-state index contributed by atoms with van der Waals surface area (Å²) in [5, 5.41) is 0. The zero-order valence-electron chi connectivity index (χ0n) is 13.3. The molecule has 1 atom stereocenters. The van der Waals surface area contributed by atoms with Crippen molar-refractivity contribution in [1.29, 1.82) is 0 Å². The summed E-state index contributed by atoms with van der Waals surface area (Å²) in [6.45, 7) is 0. The highest BCUT2D eigenvalue weighted by Crippen LogP contribution is 2.61. The number of Topliss-reactive ketones (excluding diaryl/α,β-unsaturated/α-hetero) is 1. The molecule has 1 aromatic rings. The van der Waals surface area contributed by atoms with Crippen LogP contribution in [0.4, 0.5) is 0 Å². The molecule has 4 aliphatic carbocycles. The van der Waals surface area contributed by atoms with Gasteiger partial charge in [-0.05, 0) is 62.3 Å². The van der Waals surface area contributed by atoms with Crippen LogP contribution in [0.3, 0.4) is 0 Å². The van der Waals surface area contributed by atoms with Crippen molar-refractivity contribution in [2.75, 3.05) is 0 Å². The zero-order chi connectivity index (χ0) is 15.6. The summed E-state index contributed by atoms with van der Waals surface area (Å²) in [6.07, 6.45) is 7.28. The van der Waals surface area contributed by atoms with E-state index in [1.54, 1.807) is 6.07 Å². The van der Waals surface area contributed by atoms with E-state index in [4.69, 9.17) is 4.74 Å². The first kappa shape index (κ1) is 13.8. The molecule has 23 heavy (non-hydrogen) atoms. The summed E-state index contributed by atoms with van der Waals surface area (Å²) in [7, 11) is 0. The number of hydrogen-bond acceptors (Lipinski definition) is 3. The van der Waals surface area contributed by atoms with Crippen molar-refractivity contribution in [3.63, 3.8) is 0 Å². The Morgan fingerprint density at radius 2 is 1.65 bits per heavy atom. The molecule has 0 radical (unpaired) electrons. The molecule has 1 aliphatic heterocycles. The molecule has 3 heteroatoms. The fourth-order valence-corrected chi connectivity index (χ4v) is 6.21. The fourth-order valence-electron chi connectivity index (χ4n) is 6.21. The Kier molecular flexibility index (Phi) is 2.80. The summed E-state index contributed by atoms with van der Waals surface area (Å²) in [5.41, 5.74) is 1.44. The standard InChI is InChI=1S/C20H22O3/c21-18(8-17-15-3-1-2-4-16(15)19(22)23-17)20-9-12-5-13(10-20)7-14(6-12)11-20/h1-4,12-14,17H,5-11H2/t12?,13?,14?,17-,20?/m0/s1. The van der Waals surface area contributed by atoms with E-state index >= 15 is 0 Å². The number of carbonyl (C=O) groups is 2. The first-order valence-corrected chi connectivity index (χ1v) is 8.96. The van der Waals surface area contributed by atoms with Gasteiger partial charge in [0, 0.05) is 17.4 Å². The lowest BCUT2D eigenvalue weighted by Crippen LogP contribution is -2.50. The third kappa shape index (κ3) is 2.02. The lowest BCUT2D eigenvalue weighted by molar-refractivity contribution is -0.145. The Morgan fingerprint density at radius 1 is 1.04 bits per heavy atom. The number of esters is 1. The quantitative estimate of drug-likeness (QED) is 0.790. The van der Waals surface area contributed by atoms with Crippen molar-refractivity contribution < 1.29 is 14.3 Å². The van der Waals surface area contributed by atoms with Crippen LogP contribution in [0, 0.1) is 23.2 Å². The van der Waals surface area contributed by atoms with Gasteiger partial charge in [-0.2, -0.15) is 0 Å². The monoisotopic (exact) mass is 310 g/mol. The summed E-state index contributed by atoms with van der Waals surface area (Å²) in [5.74, 6) is 2.38. The van der Waals surface area contributed by atoms with Gasteiger partial charge < -0.3 is 4.74 Å². The number of cyclic esters (lactones) is 1. The molecule has 0 N–H and O–H groups in total. The van der Waals surface area contributed by atoms with Gasteiger partial charge in [0.05, 0.1) is 5.56 Å². The molecule has 1 heterocycles. The number of ether oxygens (including phenoxy) is 1. The van der Waals surface area contributed by atoms with Crippen molar-refractivity contribution in [2.45, 2.75) is 51.0 Å². The van der Waals surface area contributed by atoms with Gasteiger partial charge in [-0.3, -0.25) is 4.79 Å². The second-order valence-corrected chi connectivity index (χ2v) is 8.31. The van der Waals surface area contributed by atoms with Gasteiger partial charge in [0.25, 0.3) is 0 Å². The Bertz CT molecular complexity index is 655. The Morgan fingerprint density at radius 3 is 2.30 bits per heavy atom. The van der Waals surface area contributed by atoms with E-state index in [2.05, 4.69) is 0 Å². The molecule has 1 aromatic carbocycles. The van der Waals surface area contributed by atoms with E-state index in [1.807, 2.05) is 18.2 Å². The van der Waals surface area contributed by atoms with Crippen LogP contribution in [0.1, 0.15) is 67.0 Å². The van der Waals surface area contributed by atoms with E-state index in [-0.39, 0.29) is 17.5 Å². The zero-order valence-corrected chi connectivity index (χ0v) is 13.3. The Hall–Kier alpha value is -1.64. The van der Waals surface area contributed by atoms with Gasteiger partial charge in [0.1, 0.15) is 11.9 Å². The third-order valence-electron chi connectivity index (χ3n) is 6.78. The molecule has 5 aliphatic rings. The summed E-state index contributed by atoms with van der Waals surface area (Å²) < 4.78 is 5.51. The van der Waals surface area contributed by atoms with Crippen LogP contribution < -0.4 is 0 Å². The molecule has 0 amide bonds. The van der Waals surface area contributed by atoms with Crippen molar-refractivity contribution in [3.05, 3.63) is 35.4 Å². The van der Waals surface area contributed by atoms with Crippen LogP contribution in [-0.2, 0) is 9.53 Å². The van der Waals surface area contributed by atoms with Crippen LogP contribution in [0.15, 0.2) is 24.3 Å². The molecule has 120 valence electrons. The van der Waals surface area contributed by atoms with Gasteiger partial charge in [-0.25, -0.2) is 4.79 Å². The van der Waals surface area contributed by atoms with Gasteiger partial charge >= 0.3 is 5.97 Å². The van der Waals surface area contributed by atoms with Crippen LogP contribution in [-0.4, -0.2) is 11.8 Å². The topological polar surface area (TPSA) is 43.4 Å². The number of fused-ring (bicyclic) bond motifs is 1. The van der Waals surface area contributed by atoms with Crippen LogP contribution >= 0.6 is 0 Å². The number of carbonyl (C=O) groups excluding carboxylic acids is 2. The first-order valence-electron chi connectivity index (χ1n) is 8.96. The molecule has 3 nitrogen and oxygen atoms in total. The molecule has 0 aromatic heterocycles. The molecule has 4 saturated carbocycles. The molecule has 0 saturated heterocycles. The maximum Gasteiger partial charge on any atom is 0.339 e. The van der Waals surface area contributed by atoms with Crippen LogP contribution in [0.25, 0.3) is 0 Å². The number of ketones is 1. The summed E-state index contributed by atoms with van der Waals surface area (Å²) in [6, 6.07) is 7.50. The highest BCUT2D eigenvalue weighted by molar-refractivity contribution is 5.95. The Labute approximate surface area is 136 Å². The number of rotatable bonds is 3. The second-order valence-electron chi connectivity index (χ2n) is 8.31. The predicted molar refractivity (Wildman–Crippen MR) is 84.8 cm³/mol. The van der Waals surface area contributed by atoms with Crippen molar-refractivity contribution in [1.82, 2.24) is 0 Å². The van der Waals surface area contributed by atoms with E-state index < -0.39 is 0 Å². The fraction of sp³-hybridized carbons (Fsp3) is 0.600. The average Bonchev–Trinajstić information content (AvgIpc) is 2.83. The largest absolute Gasteiger partial charge is 0.453 e. The van der Waals surface area contributed by atoms with Crippen molar-refractivity contribution in [2.24, 2.45) is 23.2 Å². The lowest BCUT2D eigenvalue weighted by atomic mass is 9.48. The molecule has 4 fully saturated rings. The lowest BCUT2D eigenvalue weighted by Gasteiger charge is -2.56. The van der Waals surface area contributed by atoms with Crippen LogP contribution in [0.2, 0.25) is 0 Å². The minimum Gasteiger partial charge on any atom is -0.453 e. The van der Waals surface area contributed by atoms with Crippen molar-refractivity contribution >= 4 is 11.8 Å². The number of benzene rings is 1. The maximum atomic E-state index is 13.2. The van der Waals surface area contributed by atoms with E-state index in [1.165, 1.54) is 19.3 Å². The summed E-state index contributed by atoms with van der Waals surface area (Å²) in [4.78, 5) is 25.1. The predicted octanol–water partition coefficient (Wildman–Crippen LogP) is 4.07. The molecular formula is C20H22O3. The Balaban J connectivity index is 1.40. The molecule has 6 rings (SSSR count). The minimum atomic E-state index is -0.362. The molecule has 4 bridgehead atoms. The van der Waals surface area contributed by atoms with Gasteiger partial charge in [-0.15, -0.1) is 0 Å². The van der Waals surface area contributed by atoms with Gasteiger partial charge in [0.15, 0.2) is 0 Å². The molecular weight excluding hydrogens is 288 g/mol. The summed E-state index contributed by atoms with van der Waals surface area (Å²) >= 11 is 0. The SMILES string of the molecule is O=C1O[C@@H](CC(=O)C23CC4CC(CC(C4)C2)C3)c2ccccc21. The maximum absolute atomic E-state index is 13.2. The third-order valence-corrected chi connectivity index (χ3v) is 6.78. The second kappa shape index (κ2) is 4.68.